The fraction of sp³-hybridized carbons (Fsp3) is 0.0435. The highest BCUT2D eigenvalue weighted by Gasteiger charge is 2.18. The molecule has 0 radical (unpaired) electrons. The smallest absolute Gasteiger partial charge is 0.261 e. The molecule has 7 heteroatoms. The third-order valence-corrected chi connectivity index (χ3v) is 6.39. The van der Waals surface area contributed by atoms with Crippen LogP contribution in [0.15, 0.2) is 77.6 Å². The standard InChI is InChI=1S/C23H14F2N2OS2/c24-16-7-3-5-14(11-16)13-26-21-20(15-6-4-8-17(25)12-15)30-23(29)27(21)19-10-2-1-9-18(19)22(26)28/h1-12H,13H2. The van der Waals surface area contributed by atoms with Gasteiger partial charge in [-0.3, -0.25) is 13.8 Å². The molecule has 0 spiro atoms. The van der Waals surface area contributed by atoms with Gasteiger partial charge >= 0.3 is 0 Å². The summed E-state index contributed by atoms with van der Waals surface area (Å²) < 4.78 is 31.7. The predicted octanol–water partition coefficient (Wildman–Crippen LogP) is 6.04. The second kappa shape index (κ2) is 7.27. The molecule has 5 aromatic rings. The van der Waals surface area contributed by atoms with E-state index in [1.54, 1.807) is 41.0 Å². The molecule has 0 aliphatic carbocycles. The minimum atomic E-state index is -0.371. The molecule has 0 N–H and O–H groups in total. The van der Waals surface area contributed by atoms with E-state index in [-0.39, 0.29) is 23.7 Å². The molecule has 0 aliphatic rings. The summed E-state index contributed by atoms with van der Waals surface area (Å²) in [5, 5.41) is 0.515. The van der Waals surface area contributed by atoms with Crippen LogP contribution in [0.4, 0.5) is 8.78 Å². The zero-order valence-corrected chi connectivity index (χ0v) is 17.1. The molecule has 5 rings (SSSR count). The second-order valence-electron chi connectivity index (χ2n) is 6.90. The minimum Gasteiger partial charge on any atom is -0.288 e. The van der Waals surface area contributed by atoms with Crippen molar-refractivity contribution in [1.29, 1.82) is 0 Å². The summed E-state index contributed by atoms with van der Waals surface area (Å²) in [5.41, 5.74) is 2.34. The van der Waals surface area contributed by atoms with Crippen molar-refractivity contribution in [2.75, 3.05) is 0 Å². The third-order valence-electron chi connectivity index (χ3n) is 4.98. The van der Waals surface area contributed by atoms with Crippen LogP contribution < -0.4 is 5.56 Å². The van der Waals surface area contributed by atoms with Crippen LogP contribution in [0.3, 0.4) is 0 Å². The van der Waals surface area contributed by atoms with E-state index >= 15 is 0 Å². The molecule has 2 aromatic heterocycles. The number of para-hydroxylation sites is 1. The van der Waals surface area contributed by atoms with Crippen molar-refractivity contribution in [2.45, 2.75) is 6.54 Å². The quantitative estimate of drug-likeness (QED) is 0.323. The van der Waals surface area contributed by atoms with Gasteiger partial charge < -0.3 is 0 Å². The Balaban J connectivity index is 1.92. The summed E-state index contributed by atoms with van der Waals surface area (Å²) >= 11 is 6.95. The van der Waals surface area contributed by atoms with Crippen LogP contribution in [0, 0.1) is 15.6 Å². The van der Waals surface area contributed by atoms with E-state index in [4.69, 9.17) is 12.2 Å². The number of rotatable bonds is 3. The Morgan fingerprint density at radius 3 is 2.40 bits per heavy atom. The minimum absolute atomic E-state index is 0.165. The summed E-state index contributed by atoms with van der Waals surface area (Å²) in [6.45, 7) is 0.165. The van der Waals surface area contributed by atoms with E-state index in [1.807, 2.05) is 16.5 Å². The Hall–Kier alpha value is -3.16. The van der Waals surface area contributed by atoms with Crippen LogP contribution >= 0.6 is 23.6 Å². The van der Waals surface area contributed by atoms with E-state index in [1.165, 1.54) is 35.6 Å². The Morgan fingerprint density at radius 1 is 0.900 bits per heavy atom. The van der Waals surface area contributed by atoms with E-state index in [0.29, 0.717) is 36.5 Å². The molecule has 148 valence electrons. The maximum atomic E-state index is 13.9. The number of halogens is 2. The highest BCUT2D eigenvalue weighted by molar-refractivity contribution is 7.73. The third kappa shape index (κ3) is 3.07. The molecule has 30 heavy (non-hydrogen) atoms. The van der Waals surface area contributed by atoms with Crippen molar-refractivity contribution < 1.29 is 8.78 Å². The molecular weight excluding hydrogens is 422 g/mol. The first kappa shape index (κ1) is 18.8. The van der Waals surface area contributed by atoms with Crippen molar-refractivity contribution >= 4 is 40.1 Å². The van der Waals surface area contributed by atoms with Crippen LogP contribution in [0.5, 0.6) is 0 Å². The Morgan fingerprint density at radius 2 is 1.63 bits per heavy atom. The Labute approximate surface area is 179 Å². The molecule has 3 nitrogen and oxygen atoms in total. The molecule has 0 unspecified atom stereocenters. The van der Waals surface area contributed by atoms with Crippen LogP contribution in [0.1, 0.15) is 5.56 Å². The summed E-state index contributed by atoms with van der Waals surface area (Å²) in [7, 11) is 0. The van der Waals surface area contributed by atoms with E-state index in [9.17, 15) is 13.6 Å². The number of fused-ring (bicyclic) bond motifs is 3. The molecular formula is C23H14F2N2OS2. The predicted molar refractivity (Wildman–Crippen MR) is 119 cm³/mol. The van der Waals surface area contributed by atoms with E-state index in [2.05, 4.69) is 0 Å². The number of hydrogen-bond donors (Lipinski definition) is 0. The lowest BCUT2D eigenvalue weighted by Crippen LogP contribution is -2.23. The average Bonchev–Trinajstić information content (AvgIpc) is 3.08. The Kier molecular flexibility index (Phi) is 4.56. The van der Waals surface area contributed by atoms with Gasteiger partial charge in [-0.15, -0.1) is 11.3 Å². The fourth-order valence-corrected chi connectivity index (χ4v) is 5.12. The molecule has 0 fully saturated rings. The Bertz CT molecular complexity index is 1550. The first-order chi connectivity index (χ1) is 14.5. The van der Waals surface area contributed by atoms with Gasteiger partial charge in [0.1, 0.15) is 17.3 Å². The summed E-state index contributed by atoms with van der Waals surface area (Å²) in [4.78, 5) is 14.1. The monoisotopic (exact) mass is 436 g/mol. The van der Waals surface area contributed by atoms with Gasteiger partial charge in [0.05, 0.1) is 22.3 Å². The van der Waals surface area contributed by atoms with Gasteiger partial charge in [-0.1, -0.05) is 36.4 Å². The lowest BCUT2D eigenvalue weighted by molar-refractivity contribution is 0.623. The lowest BCUT2D eigenvalue weighted by atomic mass is 10.1. The number of benzene rings is 3. The molecule has 0 saturated heterocycles. The number of nitrogens with zero attached hydrogens (tertiary/aromatic N) is 2. The molecule has 0 aliphatic heterocycles. The maximum Gasteiger partial charge on any atom is 0.261 e. The normalized spacial score (nSPS) is 11.4. The zero-order chi connectivity index (χ0) is 20.8. The van der Waals surface area contributed by atoms with Crippen molar-refractivity contribution in [3.63, 3.8) is 0 Å². The fourth-order valence-electron chi connectivity index (χ4n) is 3.70. The van der Waals surface area contributed by atoms with Gasteiger partial charge in [0.15, 0.2) is 3.95 Å². The number of hydrogen-bond acceptors (Lipinski definition) is 3. The largest absolute Gasteiger partial charge is 0.288 e. The molecule has 0 saturated carbocycles. The van der Waals surface area contributed by atoms with Gasteiger partial charge in [-0.2, -0.15) is 0 Å². The average molecular weight is 437 g/mol. The van der Waals surface area contributed by atoms with Crippen molar-refractivity contribution in [1.82, 2.24) is 8.97 Å². The number of aromatic nitrogens is 2. The first-order valence-corrected chi connectivity index (χ1v) is 10.4. The van der Waals surface area contributed by atoms with Crippen LogP contribution in [0.2, 0.25) is 0 Å². The molecule has 0 amide bonds. The first-order valence-electron chi connectivity index (χ1n) is 9.20. The van der Waals surface area contributed by atoms with E-state index in [0.717, 1.165) is 0 Å². The highest BCUT2D eigenvalue weighted by atomic mass is 32.1. The molecule has 0 bridgehead atoms. The van der Waals surface area contributed by atoms with Crippen LogP contribution in [-0.4, -0.2) is 8.97 Å². The maximum absolute atomic E-state index is 13.9. The van der Waals surface area contributed by atoms with E-state index < -0.39 is 0 Å². The SMILES string of the molecule is O=c1c2ccccc2n2c(=S)sc(-c3cccc(F)c3)c2n1Cc1cccc(F)c1. The highest BCUT2D eigenvalue weighted by Crippen LogP contribution is 2.33. The van der Waals surface area contributed by atoms with Crippen molar-refractivity contribution in [2.24, 2.45) is 0 Å². The topological polar surface area (TPSA) is 26.4 Å². The van der Waals surface area contributed by atoms with Gasteiger partial charge in [0.2, 0.25) is 0 Å². The zero-order valence-electron chi connectivity index (χ0n) is 15.5. The second-order valence-corrected chi connectivity index (χ2v) is 8.55. The van der Waals surface area contributed by atoms with Gasteiger partial charge in [-0.25, -0.2) is 8.78 Å². The van der Waals surface area contributed by atoms with Crippen LogP contribution in [0.25, 0.3) is 27.0 Å². The lowest BCUT2D eigenvalue weighted by Gasteiger charge is -2.13. The molecule has 3 aromatic carbocycles. The molecule has 2 heterocycles. The summed E-state index contributed by atoms with van der Waals surface area (Å²) in [6.07, 6.45) is 0. The number of thiazole rings is 1. The van der Waals surface area contributed by atoms with Crippen LogP contribution in [-0.2, 0) is 6.54 Å². The summed E-state index contributed by atoms with van der Waals surface area (Å²) in [6, 6.07) is 19.6. The van der Waals surface area contributed by atoms with Crippen molar-refractivity contribution in [3.05, 3.63) is 104 Å². The van der Waals surface area contributed by atoms with Gasteiger partial charge in [0.25, 0.3) is 5.56 Å². The summed E-state index contributed by atoms with van der Waals surface area (Å²) in [5.74, 6) is -0.741. The van der Waals surface area contributed by atoms with Crippen molar-refractivity contribution in [3.8, 4) is 10.4 Å². The van der Waals surface area contributed by atoms with Gasteiger partial charge in [0, 0.05) is 0 Å². The molecule has 0 atom stereocenters. The van der Waals surface area contributed by atoms with Gasteiger partial charge in [-0.05, 0) is 59.7 Å².